The average Bonchev–Trinajstić information content (AvgIpc) is 2.82. The lowest BCUT2D eigenvalue weighted by Crippen LogP contribution is -2.43. The summed E-state index contributed by atoms with van der Waals surface area (Å²) in [5, 5.41) is 17.6. The largest absolute Gasteiger partial charge is 0.391 e. The van der Waals surface area contributed by atoms with Crippen LogP contribution < -0.4 is 0 Å². The number of fused-ring (bicyclic) bond motifs is 1. The zero-order chi connectivity index (χ0) is 13.2. The molecule has 1 aromatic carbocycles. The lowest BCUT2D eigenvalue weighted by Gasteiger charge is -2.30. The number of nitrogens with zero attached hydrogens (tertiary/aromatic N) is 4. The van der Waals surface area contributed by atoms with Gasteiger partial charge in [0.1, 0.15) is 12.1 Å². The second-order valence-corrected chi connectivity index (χ2v) is 4.87. The summed E-state index contributed by atoms with van der Waals surface area (Å²) in [6, 6.07) is 7.56. The van der Waals surface area contributed by atoms with Crippen molar-refractivity contribution in [3.8, 4) is 0 Å². The van der Waals surface area contributed by atoms with Gasteiger partial charge in [0.25, 0.3) is 0 Å². The number of aliphatic hydroxyl groups excluding tert-OH is 1. The molecule has 1 atom stereocenters. The molecule has 1 aliphatic rings. The average molecular weight is 260 g/mol. The van der Waals surface area contributed by atoms with Crippen molar-refractivity contribution in [2.24, 2.45) is 0 Å². The standard InChI is InChI=1S/C13H16N4O2/c18-10-4-3-7-16(8-10)13(19)9-17-12-6-2-1-5-11(12)14-15-17/h1-2,5-6,10,18H,3-4,7-9H2/t10-/m1/s1. The Bertz CT molecular complexity index is 595. The fourth-order valence-corrected chi connectivity index (χ4v) is 2.44. The lowest BCUT2D eigenvalue weighted by molar-refractivity contribution is -0.135. The summed E-state index contributed by atoms with van der Waals surface area (Å²) in [5.74, 6) is -0.0191. The van der Waals surface area contributed by atoms with E-state index in [4.69, 9.17) is 0 Å². The molecule has 0 bridgehead atoms. The van der Waals surface area contributed by atoms with E-state index < -0.39 is 6.10 Å². The minimum atomic E-state index is -0.398. The fourth-order valence-electron chi connectivity index (χ4n) is 2.44. The molecule has 0 aliphatic carbocycles. The van der Waals surface area contributed by atoms with E-state index in [1.807, 2.05) is 24.3 Å². The predicted octanol–water partition coefficient (Wildman–Crippen LogP) is 0.415. The Balaban J connectivity index is 1.75. The first-order valence-corrected chi connectivity index (χ1v) is 6.48. The van der Waals surface area contributed by atoms with Gasteiger partial charge >= 0.3 is 0 Å². The molecule has 19 heavy (non-hydrogen) atoms. The summed E-state index contributed by atoms with van der Waals surface area (Å²) >= 11 is 0. The Kier molecular flexibility index (Phi) is 3.16. The van der Waals surface area contributed by atoms with Crippen LogP contribution in [-0.4, -0.2) is 50.1 Å². The molecule has 0 radical (unpaired) electrons. The van der Waals surface area contributed by atoms with Gasteiger partial charge in [-0.25, -0.2) is 4.68 Å². The van der Waals surface area contributed by atoms with Crippen molar-refractivity contribution in [1.29, 1.82) is 0 Å². The third-order valence-corrected chi connectivity index (χ3v) is 3.45. The molecule has 1 aliphatic heterocycles. The molecule has 0 unspecified atom stereocenters. The van der Waals surface area contributed by atoms with Gasteiger partial charge in [0, 0.05) is 13.1 Å². The summed E-state index contributed by atoms with van der Waals surface area (Å²) in [7, 11) is 0. The van der Waals surface area contributed by atoms with Crippen molar-refractivity contribution >= 4 is 16.9 Å². The van der Waals surface area contributed by atoms with E-state index >= 15 is 0 Å². The minimum Gasteiger partial charge on any atom is -0.391 e. The van der Waals surface area contributed by atoms with Crippen molar-refractivity contribution in [2.45, 2.75) is 25.5 Å². The Hall–Kier alpha value is -1.95. The summed E-state index contributed by atoms with van der Waals surface area (Å²) in [6.07, 6.45) is 1.23. The van der Waals surface area contributed by atoms with Gasteiger partial charge in [0.15, 0.2) is 0 Å². The third kappa shape index (κ3) is 2.44. The van der Waals surface area contributed by atoms with Crippen LogP contribution in [0.2, 0.25) is 0 Å². The van der Waals surface area contributed by atoms with Crippen LogP contribution in [0.5, 0.6) is 0 Å². The van der Waals surface area contributed by atoms with E-state index in [1.54, 1.807) is 9.58 Å². The number of amides is 1. The molecule has 6 heteroatoms. The van der Waals surface area contributed by atoms with E-state index in [1.165, 1.54) is 0 Å². The van der Waals surface area contributed by atoms with E-state index in [9.17, 15) is 9.90 Å². The maximum absolute atomic E-state index is 12.2. The topological polar surface area (TPSA) is 71.2 Å². The molecule has 6 nitrogen and oxygen atoms in total. The maximum atomic E-state index is 12.2. The number of β-amino-alcohol motifs (C(OH)–C–C–N with tert-alkyl or cyclic N) is 1. The summed E-state index contributed by atoms with van der Waals surface area (Å²) in [4.78, 5) is 13.9. The number of benzene rings is 1. The predicted molar refractivity (Wildman–Crippen MR) is 69.3 cm³/mol. The number of hydrogen-bond donors (Lipinski definition) is 1. The number of para-hydroxylation sites is 1. The number of rotatable bonds is 2. The third-order valence-electron chi connectivity index (χ3n) is 3.45. The number of hydrogen-bond acceptors (Lipinski definition) is 4. The molecule has 0 spiro atoms. The Morgan fingerprint density at radius 1 is 1.42 bits per heavy atom. The molecular weight excluding hydrogens is 244 g/mol. The van der Waals surface area contributed by atoms with Crippen LogP contribution in [-0.2, 0) is 11.3 Å². The van der Waals surface area contributed by atoms with Crippen molar-refractivity contribution in [2.75, 3.05) is 13.1 Å². The highest BCUT2D eigenvalue weighted by Gasteiger charge is 2.22. The number of carbonyl (C=O) groups is 1. The summed E-state index contributed by atoms with van der Waals surface area (Å²) in [6.45, 7) is 1.31. The van der Waals surface area contributed by atoms with E-state index in [-0.39, 0.29) is 12.5 Å². The van der Waals surface area contributed by atoms with Gasteiger partial charge < -0.3 is 10.0 Å². The second kappa shape index (κ2) is 4.97. The Labute approximate surface area is 110 Å². The van der Waals surface area contributed by atoms with Crippen LogP contribution in [0.15, 0.2) is 24.3 Å². The van der Waals surface area contributed by atoms with Crippen molar-refractivity contribution in [3.05, 3.63) is 24.3 Å². The SMILES string of the molecule is O=C(Cn1nnc2ccccc21)N1CCC[C@@H](O)C1. The number of carbonyl (C=O) groups excluding carboxylic acids is 1. The van der Waals surface area contributed by atoms with E-state index in [0.717, 1.165) is 23.9 Å². The van der Waals surface area contributed by atoms with Gasteiger partial charge in [-0.05, 0) is 25.0 Å². The molecule has 2 heterocycles. The Morgan fingerprint density at radius 3 is 3.11 bits per heavy atom. The van der Waals surface area contributed by atoms with E-state index in [0.29, 0.717) is 13.1 Å². The molecule has 3 rings (SSSR count). The molecule has 0 saturated carbocycles. The molecular formula is C13H16N4O2. The zero-order valence-electron chi connectivity index (χ0n) is 10.6. The highest BCUT2D eigenvalue weighted by atomic mass is 16.3. The van der Waals surface area contributed by atoms with Gasteiger partial charge in [-0.1, -0.05) is 17.3 Å². The van der Waals surface area contributed by atoms with Crippen LogP contribution in [0, 0.1) is 0 Å². The second-order valence-electron chi connectivity index (χ2n) is 4.87. The first-order valence-electron chi connectivity index (χ1n) is 6.48. The van der Waals surface area contributed by atoms with Crippen LogP contribution in [0.25, 0.3) is 11.0 Å². The molecule has 2 aromatic rings. The summed E-state index contributed by atoms with van der Waals surface area (Å²) < 4.78 is 1.61. The number of aromatic nitrogens is 3. The van der Waals surface area contributed by atoms with Gasteiger partial charge in [-0.2, -0.15) is 0 Å². The van der Waals surface area contributed by atoms with E-state index in [2.05, 4.69) is 10.3 Å². The number of aliphatic hydroxyl groups is 1. The smallest absolute Gasteiger partial charge is 0.244 e. The minimum absolute atomic E-state index is 0.0191. The van der Waals surface area contributed by atoms with Gasteiger partial charge in [0.2, 0.25) is 5.91 Å². The quantitative estimate of drug-likeness (QED) is 0.849. The van der Waals surface area contributed by atoms with Crippen LogP contribution >= 0.6 is 0 Å². The number of likely N-dealkylation sites (tertiary alicyclic amines) is 1. The highest BCUT2D eigenvalue weighted by Crippen LogP contribution is 2.13. The normalized spacial score (nSPS) is 19.8. The first-order chi connectivity index (χ1) is 9.24. The first kappa shape index (κ1) is 12.1. The van der Waals surface area contributed by atoms with Gasteiger partial charge in [0.05, 0.1) is 11.6 Å². The van der Waals surface area contributed by atoms with Crippen molar-refractivity contribution in [1.82, 2.24) is 19.9 Å². The number of piperidine rings is 1. The molecule has 1 N–H and O–H groups in total. The van der Waals surface area contributed by atoms with Crippen molar-refractivity contribution in [3.63, 3.8) is 0 Å². The van der Waals surface area contributed by atoms with Gasteiger partial charge in [-0.3, -0.25) is 4.79 Å². The Morgan fingerprint density at radius 2 is 2.26 bits per heavy atom. The van der Waals surface area contributed by atoms with Crippen LogP contribution in [0.4, 0.5) is 0 Å². The molecule has 100 valence electrons. The van der Waals surface area contributed by atoms with Crippen LogP contribution in [0.1, 0.15) is 12.8 Å². The molecule has 1 aromatic heterocycles. The molecule has 1 saturated heterocycles. The zero-order valence-corrected chi connectivity index (χ0v) is 10.6. The monoisotopic (exact) mass is 260 g/mol. The molecule has 1 fully saturated rings. The van der Waals surface area contributed by atoms with Gasteiger partial charge in [-0.15, -0.1) is 5.10 Å². The lowest BCUT2D eigenvalue weighted by atomic mass is 10.1. The van der Waals surface area contributed by atoms with Crippen LogP contribution in [0.3, 0.4) is 0 Å². The summed E-state index contributed by atoms with van der Waals surface area (Å²) in [5.41, 5.74) is 1.64. The maximum Gasteiger partial charge on any atom is 0.244 e. The highest BCUT2D eigenvalue weighted by molar-refractivity contribution is 5.79. The fraction of sp³-hybridized carbons (Fsp3) is 0.462. The van der Waals surface area contributed by atoms with Crippen molar-refractivity contribution < 1.29 is 9.90 Å². The molecule has 1 amide bonds.